The predicted octanol–water partition coefficient (Wildman–Crippen LogP) is 2.41. The molecule has 20 heavy (non-hydrogen) atoms. The number of anilines is 2. The van der Waals surface area contributed by atoms with Gasteiger partial charge in [0, 0.05) is 26.0 Å². The van der Waals surface area contributed by atoms with Gasteiger partial charge in [-0.05, 0) is 42.8 Å². The highest BCUT2D eigenvalue weighted by Crippen LogP contribution is 2.22. The molecule has 0 spiro atoms. The molecule has 0 aliphatic rings. The molecule has 104 valence electrons. The molecule has 1 aromatic carbocycles. The molecule has 5 heteroatoms. The lowest BCUT2D eigenvalue weighted by molar-refractivity contribution is 0.102. The number of rotatable bonds is 3. The van der Waals surface area contributed by atoms with Gasteiger partial charge >= 0.3 is 0 Å². The quantitative estimate of drug-likeness (QED) is 0.841. The lowest BCUT2D eigenvalue weighted by Crippen LogP contribution is -2.19. The number of nitrogens with one attached hydrogen (secondary N) is 1. The van der Waals surface area contributed by atoms with E-state index in [9.17, 15) is 9.90 Å². The molecule has 2 N–H and O–H groups in total. The topological polar surface area (TPSA) is 65.5 Å². The average Bonchev–Trinajstić information content (AvgIpc) is 2.41. The van der Waals surface area contributed by atoms with E-state index in [2.05, 4.69) is 10.3 Å². The van der Waals surface area contributed by atoms with Gasteiger partial charge < -0.3 is 15.3 Å². The van der Waals surface area contributed by atoms with Crippen LogP contribution < -0.4 is 10.2 Å². The normalized spacial score (nSPS) is 10.2. The molecule has 0 aliphatic carbocycles. The molecule has 1 aromatic heterocycles. The summed E-state index contributed by atoms with van der Waals surface area (Å²) in [5.41, 5.74) is 1.97. The van der Waals surface area contributed by atoms with Crippen molar-refractivity contribution in [1.82, 2.24) is 4.98 Å². The number of amides is 1. The molecule has 1 heterocycles. The zero-order valence-electron chi connectivity index (χ0n) is 11.7. The van der Waals surface area contributed by atoms with Crippen LogP contribution in [0.25, 0.3) is 0 Å². The largest absolute Gasteiger partial charge is 0.508 e. The van der Waals surface area contributed by atoms with Crippen LogP contribution in [0.3, 0.4) is 0 Å². The van der Waals surface area contributed by atoms with Gasteiger partial charge in [-0.3, -0.25) is 4.79 Å². The number of pyridine rings is 1. The van der Waals surface area contributed by atoms with Crippen LogP contribution in [0.1, 0.15) is 15.9 Å². The van der Waals surface area contributed by atoms with Crippen LogP contribution in [0.5, 0.6) is 5.75 Å². The number of benzene rings is 1. The summed E-state index contributed by atoms with van der Waals surface area (Å²) >= 11 is 0. The minimum absolute atomic E-state index is 0.177. The molecule has 5 nitrogen and oxygen atoms in total. The van der Waals surface area contributed by atoms with Gasteiger partial charge in [0.25, 0.3) is 5.91 Å². The van der Waals surface area contributed by atoms with Crippen LogP contribution in [0, 0.1) is 6.92 Å². The molecule has 0 fully saturated rings. The third-order valence-corrected chi connectivity index (χ3v) is 2.91. The first kappa shape index (κ1) is 13.9. The van der Waals surface area contributed by atoms with Crippen LogP contribution in [0.15, 0.2) is 36.5 Å². The summed E-state index contributed by atoms with van der Waals surface area (Å²) in [7, 11) is 3.68. The Morgan fingerprint density at radius 3 is 2.70 bits per heavy atom. The Labute approximate surface area is 117 Å². The lowest BCUT2D eigenvalue weighted by Gasteiger charge is -2.16. The third-order valence-electron chi connectivity index (χ3n) is 2.91. The second kappa shape index (κ2) is 5.61. The second-order valence-electron chi connectivity index (χ2n) is 4.72. The molecule has 0 saturated heterocycles. The monoisotopic (exact) mass is 271 g/mol. The molecule has 2 aromatic rings. The lowest BCUT2D eigenvalue weighted by atomic mass is 10.1. The minimum atomic E-state index is -0.226. The maximum Gasteiger partial charge on any atom is 0.259 e. The van der Waals surface area contributed by atoms with Gasteiger partial charge in [-0.25, -0.2) is 4.98 Å². The van der Waals surface area contributed by atoms with E-state index in [1.165, 1.54) is 0 Å². The van der Waals surface area contributed by atoms with Crippen molar-refractivity contribution in [1.29, 1.82) is 0 Å². The first-order chi connectivity index (χ1) is 9.49. The smallest absolute Gasteiger partial charge is 0.259 e. The Bertz CT molecular complexity index is 639. The second-order valence-corrected chi connectivity index (χ2v) is 4.72. The Hall–Kier alpha value is -2.56. The summed E-state index contributed by atoms with van der Waals surface area (Å²) in [5, 5.41) is 12.2. The fraction of sp³-hybridized carbons (Fsp3) is 0.200. The van der Waals surface area contributed by atoms with Crippen molar-refractivity contribution >= 4 is 17.4 Å². The third kappa shape index (κ3) is 2.88. The summed E-state index contributed by atoms with van der Waals surface area (Å²) in [6.07, 6.45) is 1.65. The van der Waals surface area contributed by atoms with Crippen molar-refractivity contribution in [2.24, 2.45) is 0 Å². The van der Waals surface area contributed by atoms with Crippen LogP contribution in [-0.4, -0.2) is 30.1 Å². The van der Waals surface area contributed by atoms with Crippen molar-refractivity contribution in [3.8, 4) is 5.75 Å². The first-order valence-electron chi connectivity index (χ1n) is 6.22. The summed E-state index contributed by atoms with van der Waals surface area (Å²) < 4.78 is 0. The van der Waals surface area contributed by atoms with Gasteiger partial charge in [0.15, 0.2) is 0 Å². The summed E-state index contributed by atoms with van der Waals surface area (Å²) in [4.78, 5) is 18.3. The van der Waals surface area contributed by atoms with E-state index in [0.717, 1.165) is 5.56 Å². The number of carbonyl (C=O) groups excluding carboxylic acids is 1. The SMILES string of the molecule is Cc1cc(O)ccc1NC(=O)c1cccnc1N(C)C. The van der Waals surface area contributed by atoms with E-state index in [1.807, 2.05) is 21.0 Å². The first-order valence-corrected chi connectivity index (χ1v) is 6.22. The van der Waals surface area contributed by atoms with Gasteiger partial charge in [0.2, 0.25) is 0 Å². The maximum absolute atomic E-state index is 12.3. The standard InChI is InChI=1S/C15H17N3O2/c1-10-9-11(19)6-7-13(10)17-15(20)12-5-4-8-16-14(12)18(2)3/h4-9,19H,1-3H3,(H,17,20). The Morgan fingerprint density at radius 1 is 1.30 bits per heavy atom. The van der Waals surface area contributed by atoms with Gasteiger partial charge in [-0.15, -0.1) is 0 Å². The molecule has 2 rings (SSSR count). The molecule has 0 aliphatic heterocycles. The number of hydrogen-bond donors (Lipinski definition) is 2. The van der Waals surface area contributed by atoms with Crippen LogP contribution >= 0.6 is 0 Å². The van der Waals surface area contributed by atoms with Crippen molar-refractivity contribution in [3.05, 3.63) is 47.7 Å². The highest BCUT2D eigenvalue weighted by Gasteiger charge is 2.14. The van der Waals surface area contributed by atoms with Crippen LogP contribution in [0.2, 0.25) is 0 Å². The summed E-state index contributed by atoms with van der Waals surface area (Å²) in [5.74, 6) is 0.563. The molecular formula is C15H17N3O2. The molecular weight excluding hydrogens is 254 g/mol. The molecule has 1 amide bonds. The number of aryl methyl sites for hydroxylation is 1. The number of hydrogen-bond acceptors (Lipinski definition) is 4. The van der Waals surface area contributed by atoms with Crippen molar-refractivity contribution in [2.75, 3.05) is 24.3 Å². The zero-order valence-corrected chi connectivity index (χ0v) is 11.7. The molecule has 0 unspecified atom stereocenters. The number of nitrogens with zero attached hydrogens (tertiary/aromatic N) is 2. The Morgan fingerprint density at radius 2 is 2.05 bits per heavy atom. The fourth-order valence-corrected chi connectivity index (χ4v) is 1.91. The van der Waals surface area contributed by atoms with Crippen molar-refractivity contribution < 1.29 is 9.90 Å². The number of aromatic hydroxyl groups is 1. The summed E-state index contributed by atoms with van der Waals surface area (Å²) in [6, 6.07) is 8.28. The molecule has 0 bridgehead atoms. The number of phenols is 1. The summed E-state index contributed by atoms with van der Waals surface area (Å²) in [6.45, 7) is 1.82. The zero-order chi connectivity index (χ0) is 14.7. The van der Waals surface area contributed by atoms with Gasteiger partial charge in [0.05, 0.1) is 5.56 Å². The van der Waals surface area contributed by atoms with E-state index >= 15 is 0 Å². The highest BCUT2D eigenvalue weighted by atomic mass is 16.3. The Kier molecular flexibility index (Phi) is 3.89. The number of carbonyl (C=O) groups is 1. The van der Waals surface area contributed by atoms with Crippen molar-refractivity contribution in [2.45, 2.75) is 6.92 Å². The van der Waals surface area contributed by atoms with E-state index in [1.54, 1.807) is 41.4 Å². The number of aromatic nitrogens is 1. The molecule has 0 atom stereocenters. The maximum atomic E-state index is 12.3. The van der Waals surface area contributed by atoms with Gasteiger partial charge in [0.1, 0.15) is 11.6 Å². The number of phenolic OH excluding ortho intramolecular Hbond substituents is 1. The highest BCUT2D eigenvalue weighted by molar-refractivity contribution is 6.07. The fourth-order valence-electron chi connectivity index (χ4n) is 1.91. The predicted molar refractivity (Wildman–Crippen MR) is 79.4 cm³/mol. The molecule has 0 radical (unpaired) electrons. The van der Waals surface area contributed by atoms with Gasteiger partial charge in [-0.2, -0.15) is 0 Å². The average molecular weight is 271 g/mol. The van der Waals surface area contributed by atoms with E-state index < -0.39 is 0 Å². The van der Waals surface area contributed by atoms with Crippen LogP contribution in [0.4, 0.5) is 11.5 Å². The van der Waals surface area contributed by atoms with E-state index in [0.29, 0.717) is 17.1 Å². The van der Waals surface area contributed by atoms with E-state index in [4.69, 9.17) is 0 Å². The van der Waals surface area contributed by atoms with E-state index in [-0.39, 0.29) is 11.7 Å². The van der Waals surface area contributed by atoms with Gasteiger partial charge in [-0.1, -0.05) is 0 Å². The molecule has 0 saturated carbocycles. The minimum Gasteiger partial charge on any atom is -0.508 e. The Balaban J connectivity index is 2.29. The van der Waals surface area contributed by atoms with Crippen LogP contribution in [-0.2, 0) is 0 Å². The van der Waals surface area contributed by atoms with Crippen molar-refractivity contribution in [3.63, 3.8) is 0 Å².